The highest BCUT2D eigenvalue weighted by molar-refractivity contribution is 5.24. The van der Waals surface area contributed by atoms with E-state index in [2.05, 4.69) is 62.2 Å². The van der Waals surface area contributed by atoms with Gasteiger partial charge in [-0.05, 0) is 32.8 Å². The van der Waals surface area contributed by atoms with Gasteiger partial charge < -0.3 is 5.32 Å². The van der Waals surface area contributed by atoms with Crippen LogP contribution in [-0.2, 0) is 0 Å². The Morgan fingerprint density at radius 3 is 2.22 bits per heavy atom. The zero-order chi connectivity index (χ0) is 13.1. The molecule has 1 saturated heterocycles. The van der Waals surface area contributed by atoms with Crippen LogP contribution in [0, 0.1) is 6.92 Å². The summed E-state index contributed by atoms with van der Waals surface area (Å²) in [5.41, 5.74) is 2.81. The van der Waals surface area contributed by atoms with Gasteiger partial charge in [-0.15, -0.1) is 0 Å². The Morgan fingerprint density at radius 1 is 1.17 bits per heavy atom. The van der Waals surface area contributed by atoms with Crippen molar-refractivity contribution in [1.82, 2.24) is 10.2 Å². The van der Waals surface area contributed by atoms with Crippen molar-refractivity contribution in [1.29, 1.82) is 0 Å². The second-order valence-electron chi connectivity index (χ2n) is 5.76. The van der Waals surface area contributed by atoms with Crippen LogP contribution in [0.3, 0.4) is 0 Å². The lowest BCUT2D eigenvalue weighted by Gasteiger charge is -2.41. The van der Waals surface area contributed by atoms with Crippen molar-refractivity contribution in [2.24, 2.45) is 0 Å². The van der Waals surface area contributed by atoms with E-state index in [1.165, 1.54) is 17.5 Å². The molecule has 2 heteroatoms. The molecule has 18 heavy (non-hydrogen) atoms. The zero-order valence-corrected chi connectivity index (χ0v) is 12.1. The lowest BCUT2D eigenvalue weighted by Crippen LogP contribution is -2.54. The fourth-order valence-electron chi connectivity index (χ4n) is 3.12. The predicted octanol–water partition coefficient (Wildman–Crippen LogP) is 3.13. The number of nitrogens with one attached hydrogen (secondary N) is 1. The summed E-state index contributed by atoms with van der Waals surface area (Å²) < 4.78 is 0. The Balaban J connectivity index is 2.14. The molecule has 2 nitrogen and oxygen atoms in total. The van der Waals surface area contributed by atoms with E-state index in [-0.39, 0.29) is 0 Å². The average Bonchev–Trinajstić information content (AvgIpc) is 2.31. The van der Waals surface area contributed by atoms with Crippen LogP contribution in [0.25, 0.3) is 0 Å². The summed E-state index contributed by atoms with van der Waals surface area (Å²) in [5.74, 6) is 0. The lowest BCUT2D eigenvalue weighted by molar-refractivity contribution is 0.119. The van der Waals surface area contributed by atoms with E-state index in [4.69, 9.17) is 0 Å². The van der Waals surface area contributed by atoms with Crippen LogP contribution in [-0.4, -0.2) is 30.1 Å². The maximum atomic E-state index is 3.61. The minimum absolute atomic E-state index is 0.567. The van der Waals surface area contributed by atoms with E-state index in [0.717, 1.165) is 13.1 Å². The maximum Gasteiger partial charge on any atom is 0.0346 e. The summed E-state index contributed by atoms with van der Waals surface area (Å²) in [4.78, 5) is 2.64. The smallest absolute Gasteiger partial charge is 0.0346 e. The number of piperazine rings is 1. The van der Waals surface area contributed by atoms with Gasteiger partial charge in [0.15, 0.2) is 0 Å². The molecular formula is C16H26N2. The SMILES string of the molecule is CCC(c1ccc(C)cc1)N1CC(C)NC(C)C1. The molecule has 1 aliphatic heterocycles. The van der Waals surface area contributed by atoms with E-state index < -0.39 is 0 Å². The van der Waals surface area contributed by atoms with Crippen molar-refractivity contribution < 1.29 is 0 Å². The first-order chi connectivity index (χ1) is 8.60. The van der Waals surface area contributed by atoms with Gasteiger partial charge in [0, 0.05) is 31.2 Å². The molecule has 1 heterocycles. The second-order valence-corrected chi connectivity index (χ2v) is 5.76. The molecule has 3 atom stereocenters. The number of nitrogens with zero attached hydrogens (tertiary/aromatic N) is 1. The van der Waals surface area contributed by atoms with E-state index in [9.17, 15) is 0 Å². The number of rotatable bonds is 3. The monoisotopic (exact) mass is 246 g/mol. The Kier molecular flexibility index (Phi) is 4.41. The molecule has 1 N–H and O–H groups in total. The van der Waals surface area contributed by atoms with Gasteiger partial charge in [-0.25, -0.2) is 0 Å². The fraction of sp³-hybridized carbons (Fsp3) is 0.625. The maximum absolute atomic E-state index is 3.61. The first kappa shape index (κ1) is 13.6. The van der Waals surface area contributed by atoms with Crippen molar-refractivity contribution in [3.63, 3.8) is 0 Å². The molecule has 2 rings (SSSR count). The first-order valence-electron chi connectivity index (χ1n) is 7.16. The molecule has 1 aromatic rings. The van der Waals surface area contributed by atoms with Gasteiger partial charge >= 0.3 is 0 Å². The lowest BCUT2D eigenvalue weighted by atomic mass is 9.99. The van der Waals surface area contributed by atoms with Gasteiger partial charge in [-0.3, -0.25) is 4.90 Å². The van der Waals surface area contributed by atoms with Crippen molar-refractivity contribution in [3.05, 3.63) is 35.4 Å². The molecule has 1 aliphatic rings. The third kappa shape index (κ3) is 3.12. The van der Waals surface area contributed by atoms with Gasteiger partial charge in [0.05, 0.1) is 0 Å². The highest BCUT2D eigenvalue weighted by atomic mass is 15.2. The summed E-state index contributed by atoms with van der Waals surface area (Å²) in [6.45, 7) is 11.3. The highest BCUT2D eigenvalue weighted by Crippen LogP contribution is 2.26. The summed E-state index contributed by atoms with van der Waals surface area (Å²) in [5, 5.41) is 3.61. The van der Waals surface area contributed by atoms with Crippen molar-refractivity contribution >= 4 is 0 Å². The third-order valence-electron chi connectivity index (χ3n) is 3.88. The standard InChI is InChI=1S/C16H26N2/c1-5-16(15-8-6-12(2)7-9-15)18-10-13(3)17-14(4)11-18/h6-9,13-14,16-17H,5,10-11H2,1-4H3. The van der Waals surface area contributed by atoms with Crippen LogP contribution in [0.2, 0.25) is 0 Å². The molecule has 0 saturated carbocycles. The van der Waals surface area contributed by atoms with Crippen molar-refractivity contribution in [2.45, 2.75) is 52.2 Å². The largest absolute Gasteiger partial charge is 0.309 e. The first-order valence-corrected chi connectivity index (χ1v) is 7.16. The van der Waals surface area contributed by atoms with Gasteiger partial charge in [-0.1, -0.05) is 36.8 Å². The second kappa shape index (κ2) is 5.85. The number of benzene rings is 1. The minimum Gasteiger partial charge on any atom is -0.309 e. The van der Waals surface area contributed by atoms with Gasteiger partial charge in [0.1, 0.15) is 0 Å². The van der Waals surface area contributed by atoms with Crippen LogP contribution >= 0.6 is 0 Å². The van der Waals surface area contributed by atoms with Crippen LogP contribution in [0.5, 0.6) is 0 Å². The van der Waals surface area contributed by atoms with Crippen LogP contribution < -0.4 is 5.32 Å². The number of aryl methyl sites for hydroxylation is 1. The Morgan fingerprint density at radius 2 is 1.72 bits per heavy atom. The summed E-state index contributed by atoms with van der Waals surface area (Å²) in [6.07, 6.45) is 1.18. The van der Waals surface area contributed by atoms with Crippen LogP contribution in [0.1, 0.15) is 44.4 Å². The predicted molar refractivity (Wildman–Crippen MR) is 77.8 cm³/mol. The van der Waals surface area contributed by atoms with E-state index in [1.807, 2.05) is 0 Å². The summed E-state index contributed by atoms with van der Waals surface area (Å²) in [6, 6.07) is 10.8. The molecule has 0 aromatic heterocycles. The van der Waals surface area contributed by atoms with Gasteiger partial charge in [0.25, 0.3) is 0 Å². The molecule has 0 amide bonds. The number of hydrogen-bond acceptors (Lipinski definition) is 2. The Labute approximate surface area is 111 Å². The minimum atomic E-state index is 0.567. The molecule has 3 unspecified atom stereocenters. The van der Waals surface area contributed by atoms with Crippen molar-refractivity contribution in [3.8, 4) is 0 Å². The molecule has 1 fully saturated rings. The Hall–Kier alpha value is -0.860. The zero-order valence-electron chi connectivity index (χ0n) is 12.1. The van der Waals surface area contributed by atoms with E-state index >= 15 is 0 Å². The normalized spacial score (nSPS) is 27.1. The molecule has 0 aliphatic carbocycles. The van der Waals surface area contributed by atoms with Gasteiger partial charge in [-0.2, -0.15) is 0 Å². The summed E-state index contributed by atoms with van der Waals surface area (Å²) >= 11 is 0. The topological polar surface area (TPSA) is 15.3 Å². The molecular weight excluding hydrogens is 220 g/mol. The average molecular weight is 246 g/mol. The van der Waals surface area contributed by atoms with E-state index in [1.54, 1.807) is 0 Å². The Bertz CT molecular complexity index is 361. The molecule has 0 spiro atoms. The quantitative estimate of drug-likeness (QED) is 0.881. The third-order valence-corrected chi connectivity index (χ3v) is 3.88. The molecule has 1 aromatic carbocycles. The van der Waals surface area contributed by atoms with Crippen LogP contribution in [0.15, 0.2) is 24.3 Å². The molecule has 100 valence electrons. The van der Waals surface area contributed by atoms with Gasteiger partial charge in [0.2, 0.25) is 0 Å². The van der Waals surface area contributed by atoms with Crippen molar-refractivity contribution in [2.75, 3.05) is 13.1 Å². The van der Waals surface area contributed by atoms with E-state index in [0.29, 0.717) is 18.1 Å². The van der Waals surface area contributed by atoms with Crippen LogP contribution in [0.4, 0.5) is 0 Å². The highest BCUT2D eigenvalue weighted by Gasteiger charge is 2.26. The summed E-state index contributed by atoms with van der Waals surface area (Å²) in [7, 11) is 0. The number of hydrogen-bond donors (Lipinski definition) is 1. The fourth-order valence-corrected chi connectivity index (χ4v) is 3.12. The molecule has 0 bridgehead atoms. The molecule has 0 radical (unpaired) electrons.